The normalized spacial score (nSPS) is 15.6. The van der Waals surface area contributed by atoms with Crippen LogP contribution in [0.3, 0.4) is 0 Å². The number of non-ortho nitro benzene ring substituents is 1. The van der Waals surface area contributed by atoms with Crippen LogP contribution in [-0.4, -0.2) is 35.9 Å². The summed E-state index contributed by atoms with van der Waals surface area (Å²) < 4.78 is 6.01. The average Bonchev–Trinajstić information content (AvgIpc) is 3.15. The van der Waals surface area contributed by atoms with Crippen LogP contribution in [0.5, 0.6) is 0 Å². The molecular formula is C21H20BrN3O6. The third kappa shape index (κ3) is 5.46. The van der Waals surface area contributed by atoms with Crippen molar-refractivity contribution in [3.05, 3.63) is 62.6 Å². The molecular weight excluding hydrogens is 470 g/mol. The molecule has 1 aliphatic heterocycles. The molecule has 0 radical (unpaired) electrons. The van der Waals surface area contributed by atoms with Gasteiger partial charge < -0.3 is 15.0 Å². The van der Waals surface area contributed by atoms with Gasteiger partial charge in [0.25, 0.3) is 11.6 Å². The van der Waals surface area contributed by atoms with Crippen LogP contribution >= 0.6 is 15.9 Å². The zero-order chi connectivity index (χ0) is 22.5. The first-order valence-corrected chi connectivity index (χ1v) is 10.4. The van der Waals surface area contributed by atoms with E-state index in [1.54, 1.807) is 12.1 Å². The predicted octanol–water partition coefficient (Wildman–Crippen LogP) is 3.45. The Labute approximate surface area is 186 Å². The molecule has 0 bridgehead atoms. The van der Waals surface area contributed by atoms with Gasteiger partial charge in [0.1, 0.15) is 0 Å². The van der Waals surface area contributed by atoms with Crippen molar-refractivity contribution in [1.82, 2.24) is 0 Å². The lowest BCUT2D eigenvalue weighted by molar-refractivity contribution is -0.384. The number of hydrogen-bond donors (Lipinski definition) is 1. The molecule has 2 amide bonds. The van der Waals surface area contributed by atoms with Gasteiger partial charge in [-0.1, -0.05) is 22.9 Å². The second-order valence-electron chi connectivity index (χ2n) is 6.99. The minimum atomic E-state index is -0.714. The Morgan fingerprint density at radius 1 is 1.26 bits per heavy atom. The number of nitrogens with zero attached hydrogens (tertiary/aromatic N) is 2. The molecule has 1 N–H and O–H groups in total. The van der Waals surface area contributed by atoms with Crippen LogP contribution in [-0.2, 0) is 25.5 Å². The largest absolute Gasteiger partial charge is 0.455 e. The van der Waals surface area contributed by atoms with E-state index in [4.69, 9.17) is 4.74 Å². The molecule has 1 atom stereocenters. The van der Waals surface area contributed by atoms with E-state index in [0.29, 0.717) is 11.4 Å². The Hall–Kier alpha value is -3.27. The molecule has 0 unspecified atom stereocenters. The lowest BCUT2D eigenvalue weighted by atomic mass is 10.1. The quantitative estimate of drug-likeness (QED) is 0.361. The Morgan fingerprint density at radius 3 is 2.61 bits per heavy atom. The highest BCUT2D eigenvalue weighted by molar-refractivity contribution is 9.10. The number of rotatable bonds is 7. The summed E-state index contributed by atoms with van der Waals surface area (Å²) in [6, 6.07) is 11.0. The number of esters is 1. The van der Waals surface area contributed by atoms with E-state index in [-0.39, 0.29) is 24.6 Å². The van der Waals surface area contributed by atoms with E-state index in [9.17, 15) is 24.5 Å². The van der Waals surface area contributed by atoms with Gasteiger partial charge in [-0.2, -0.15) is 0 Å². The number of carbonyl (C=O) groups excluding carboxylic acids is 3. The lowest BCUT2D eigenvalue weighted by Gasteiger charge is -2.16. The minimum Gasteiger partial charge on any atom is -0.455 e. The molecule has 9 nitrogen and oxygen atoms in total. The number of benzene rings is 2. The van der Waals surface area contributed by atoms with Crippen LogP contribution in [0, 0.1) is 16.0 Å². The van der Waals surface area contributed by atoms with Gasteiger partial charge in [0, 0.05) is 40.9 Å². The molecule has 0 aromatic heterocycles. The number of amides is 2. The maximum absolute atomic E-state index is 12.4. The topological polar surface area (TPSA) is 119 Å². The maximum atomic E-state index is 12.4. The maximum Gasteiger partial charge on any atom is 0.311 e. The fourth-order valence-corrected chi connectivity index (χ4v) is 3.70. The molecule has 0 saturated carbocycles. The SMILES string of the molecule is CCc1cc(Br)ccc1NC(=O)COC(=O)[C@H]1CC(=O)N(c2ccc([N+](=O)[O-])cc2)C1. The number of nitrogens with one attached hydrogen (secondary N) is 1. The molecule has 2 aromatic carbocycles. The number of anilines is 2. The molecule has 2 aromatic rings. The first-order chi connectivity index (χ1) is 14.8. The van der Waals surface area contributed by atoms with E-state index in [2.05, 4.69) is 21.2 Å². The lowest BCUT2D eigenvalue weighted by Crippen LogP contribution is -2.28. The molecule has 162 valence electrons. The van der Waals surface area contributed by atoms with Crippen LogP contribution < -0.4 is 10.2 Å². The molecule has 1 saturated heterocycles. The summed E-state index contributed by atoms with van der Waals surface area (Å²) in [4.78, 5) is 48.4. The highest BCUT2D eigenvalue weighted by atomic mass is 79.9. The van der Waals surface area contributed by atoms with Gasteiger partial charge in [-0.05, 0) is 42.3 Å². The second-order valence-corrected chi connectivity index (χ2v) is 7.91. The van der Waals surface area contributed by atoms with Crippen molar-refractivity contribution in [2.24, 2.45) is 5.92 Å². The molecule has 0 aliphatic carbocycles. The van der Waals surface area contributed by atoms with Crippen molar-refractivity contribution in [2.45, 2.75) is 19.8 Å². The number of hydrogen-bond acceptors (Lipinski definition) is 6. The van der Waals surface area contributed by atoms with Crippen LogP contribution in [0.4, 0.5) is 17.1 Å². The number of carbonyl (C=O) groups is 3. The average molecular weight is 490 g/mol. The Kier molecular flexibility index (Phi) is 7.01. The van der Waals surface area contributed by atoms with E-state index >= 15 is 0 Å². The molecule has 31 heavy (non-hydrogen) atoms. The number of nitro benzene ring substituents is 1. The molecule has 1 fully saturated rings. The summed E-state index contributed by atoms with van der Waals surface area (Å²) in [5.74, 6) is -2.11. The highest BCUT2D eigenvalue weighted by Gasteiger charge is 2.36. The molecule has 1 aliphatic rings. The van der Waals surface area contributed by atoms with Gasteiger partial charge in [-0.25, -0.2) is 0 Å². The van der Waals surface area contributed by atoms with Crippen LogP contribution in [0.2, 0.25) is 0 Å². The van der Waals surface area contributed by atoms with Crippen LogP contribution in [0.25, 0.3) is 0 Å². The second kappa shape index (κ2) is 9.69. The number of ether oxygens (including phenoxy) is 1. The highest BCUT2D eigenvalue weighted by Crippen LogP contribution is 2.27. The summed E-state index contributed by atoms with van der Waals surface area (Å²) in [6.07, 6.45) is 0.668. The van der Waals surface area contributed by atoms with Gasteiger partial charge in [0.15, 0.2) is 6.61 Å². The van der Waals surface area contributed by atoms with Gasteiger partial charge in [0.2, 0.25) is 5.91 Å². The van der Waals surface area contributed by atoms with Gasteiger partial charge in [-0.3, -0.25) is 24.5 Å². The molecule has 1 heterocycles. The zero-order valence-corrected chi connectivity index (χ0v) is 18.3. The number of aryl methyl sites for hydroxylation is 1. The Morgan fingerprint density at radius 2 is 1.97 bits per heavy atom. The summed E-state index contributed by atoms with van der Waals surface area (Å²) in [7, 11) is 0. The number of halogens is 1. The molecule has 0 spiro atoms. The van der Waals surface area contributed by atoms with Gasteiger partial charge in [0.05, 0.1) is 10.8 Å². The van der Waals surface area contributed by atoms with Crippen LogP contribution in [0.1, 0.15) is 18.9 Å². The predicted molar refractivity (Wildman–Crippen MR) is 117 cm³/mol. The standard InChI is InChI=1S/C21H20BrN3O6/c1-2-13-9-15(22)3-8-18(13)23-19(26)12-31-21(28)14-10-20(27)24(11-14)16-4-6-17(7-5-16)25(29)30/h3-9,14H,2,10-12H2,1H3,(H,23,26)/t14-/m0/s1. The summed E-state index contributed by atoms with van der Waals surface area (Å²) in [6.45, 7) is 1.59. The first kappa shape index (κ1) is 22.4. The van der Waals surface area contributed by atoms with Crippen molar-refractivity contribution in [3.8, 4) is 0 Å². The van der Waals surface area contributed by atoms with Crippen LogP contribution in [0.15, 0.2) is 46.9 Å². The Bertz CT molecular complexity index is 1020. The van der Waals surface area contributed by atoms with Crippen molar-refractivity contribution in [3.63, 3.8) is 0 Å². The van der Waals surface area contributed by atoms with Crippen molar-refractivity contribution < 1.29 is 24.0 Å². The van der Waals surface area contributed by atoms with E-state index in [1.807, 2.05) is 13.0 Å². The van der Waals surface area contributed by atoms with Crippen molar-refractivity contribution in [1.29, 1.82) is 0 Å². The molecule has 10 heteroatoms. The van der Waals surface area contributed by atoms with Gasteiger partial charge in [-0.15, -0.1) is 0 Å². The van der Waals surface area contributed by atoms with Crippen molar-refractivity contribution in [2.75, 3.05) is 23.4 Å². The third-order valence-electron chi connectivity index (χ3n) is 4.90. The smallest absolute Gasteiger partial charge is 0.311 e. The third-order valence-corrected chi connectivity index (χ3v) is 5.39. The van der Waals surface area contributed by atoms with E-state index in [0.717, 1.165) is 16.5 Å². The first-order valence-electron chi connectivity index (χ1n) is 9.58. The fourth-order valence-electron chi connectivity index (χ4n) is 3.29. The van der Waals surface area contributed by atoms with Crippen molar-refractivity contribution >= 4 is 50.8 Å². The van der Waals surface area contributed by atoms with Gasteiger partial charge >= 0.3 is 5.97 Å². The molecule has 3 rings (SSSR count). The van der Waals surface area contributed by atoms with E-state index < -0.39 is 29.3 Å². The summed E-state index contributed by atoms with van der Waals surface area (Å²) >= 11 is 3.38. The van der Waals surface area contributed by atoms with E-state index in [1.165, 1.54) is 29.2 Å². The monoisotopic (exact) mass is 489 g/mol. The zero-order valence-electron chi connectivity index (χ0n) is 16.7. The summed E-state index contributed by atoms with van der Waals surface area (Å²) in [5.41, 5.74) is 1.96. The fraction of sp³-hybridized carbons (Fsp3) is 0.286. The minimum absolute atomic E-state index is 0.0515. The Balaban J connectivity index is 1.54. The summed E-state index contributed by atoms with van der Waals surface area (Å²) in [5, 5.41) is 13.5. The number of nitro groups is 1.